The molecular weight excluding hydrogens is 384 g/mol. The minimum Gasteiger partial charge on any atom is -0.106 e. The van der Waals surface area contributed by atoms with Gasteiger partial charge in [-0.15, -0.1) is 11.8 Å². The predicted octanol–water partition coefficient (Wildman–Crippen LogP) is 6.59. The number of rotatable bonds is 4. The highest BCUT2D eigenvalue weighted by atomic mass is 79.9. The van der Waals surface area contributed by atoms with Gasteiger partial charge in [0, 0.05) is 8.95 Å². The van der Waals surface area contributed by atoms with Crippen molar-refractivity contribution in [2.75, 3.05) is 0 Å². The minimum absolute atomic E-state index is 1.10. The van der Waals surface area contributed by atoms with Gasteiger partial charge in [0.25, 0.3) is 0 Å². The van der Waals surface area contributed by atoms with E-state index in [1.165, 1.54) is 11.1 Å². The fourth-order valence-corrected chi connectivity index (χ4v) is 2.52. The van der Waals surface area contributed by atoms with E-state index in [9.17, 15) is 0 Å². The van der Waals surface area contributed by atoms with Crippen molar-refractivity contribution in [2.24, 2.45) is 0 Å². The molecule has 0 amide bonds. The van der Waals surface area contributed by atoms with E-state index in [4.69, 9.17) is 0 Å². The summed E-state index contributed by atoms with van der Waals surface area (Å²) in [6.45, 7) is 0. The largest absolute Gasteiger partial charge is 0.106 e. The molecule has 0 unspecified atom stereocenters. The average Bonchev–Trinajstić information content (AvgIpc) is 2.43. The Morgan fingerprint density at radius 1 is 0.632 bits per heavy atom. The first-order valence-electron chi connectivity index (χ1n) is 5.74. The molecule has 0 bridgehead atoms. The van der Waals surface area contributed by atoms with Gasteiger partial charge < -0.3 is 0 Å². The molecule has 3 heteroatoms. The monoisotopic (exact) mass is 394 g/mol. The smallest absolute Gasteiger partial charge is 0.0175 e. The molecule has 0 saturated heterocycles. The lowest BCUT2D eigenvalue weighted by atomic mass is 10.2. The predicted molar refractivity (Wildman–Crippen MR) is 93.9 cm³/mol. The summed E-state index contributed by atoms with van der Waals surface area (Å²) in [5.74, 6) is 0. The van der Waals surface area contributed by atoms with Crippen LogP contribution in [-0.2, 0) is 0 Å². The van der Waals surface area contributed by atoms with Gasteiger partial charge >= 0.3 is 0 Å². The Kier molecular flexibility index (Phi) is 5.95. The Morgan fingerprint density at radius 3 is 1.37 bits per heavy atom. The lowest BCUT2D eigenvalue weighted by Gasteiger charge is -1.93. The summed E-state index contributed by atoms with van der Waals surface area (Å²) in [4.78, 5) is 0. The lowest BCUT2D eigenvalue weighted by Crippen LogP contribution is -1.69. The molecule has 2 aromatic carbocycles. The first kappa shape index (κ1) is 14.6. The first-order chi connectivity index (χ1) is 9.24. The maximum Gasteiger partial charge on any atom is 0.0175 e. The molecule has 0 saturated carbocycles. The Balaban J connectivity index is 1.86. The highest BCUT2D eigenvalue weighted by molar-refractivity contribution is 9.10. The zero-order chi connectivity index (χ0) is 13.5. The van der Waals surface area contributed by atoms with Crippen LogP contribution in [0.25, 0.3) is 12.2 Å². The first-order valence-corrected chi connectivity index (χ1v) is 8.26. The number of benzene rings is 2. The number of halogens is 2. The Morgan fingerprint density at radius 2 is 1.00 bits per heavy atom. The molecule has 0 aliphatic rings. The highest BCUT2D eigenvalue weighted by Gasteiger charge is 1.88. The van der Waals surface area contributed by atoms with Gasteiger partial charge in [0.2, 0.25) is 0 Å². The van der Waals surface area contributed by atoms with Crippen molar-refractivity contribution in [2.45, 2.75) is 0 Å². The maximum atomic E-state index is 3.43. The summed E-state index contributed by atoms with van der Waals surface area (Å²) < 4.78 is 2.21. The molecule has 0 aromatic heterocycles. The van der Waals surface area contributed by atoms with Crippen molar-refractivity contribution in [1.82, 2.24) is 0 Å². The summed E-state index contributed by atoms with van der Waals surface area (Å²) >= 11 is 8.52. The Hall–Kier alpha value is -0.770. The van der Waals surface area contributed by atoms with E-state index in [2.05, 4.69) is 79.1 Å². The van der Waals surface area contributed by atoms with Gasteiger partial charge in [-0.25, -0.2) is 0 Å². The summed E-state index contributed by atoms with van der Waals surface area (Å²) in [7, 11) is 0. The van der Waals surface area contributed by atoms with Crippen LogP contribution in [0.1, 0.15) is 11.1 Å². The highest BCUT2D eigenvalue weighted by Crippen LogP contribution is 2.16. The van der Waals surface area contributed by atoms with Crippen LogP contribution < -0.4 is 0 Å². The third kappa shape index (κ3) is 5.39. The zero-order valence-corrected chi connectivity index (χ0v) is 14.1. The molecular formula is C16H12Br2S. The van der Waals surface area contributed by atoms with E-state index in [1.807, 2.05) is 24.3 Å². The van der Waals surface area contributed by atoms with Gasteiger partial charge in [0.1, 0.15) is 0 Å². The lowest BCUT2D eigenvalue weighted by molar-refractivity contribution is 1.62. The van der Waals surface area contributed by atoms with Gasteiger partial charge in [0.05, 0.1) is 0 Å². The molecule has 0 aliphatic heterocycles. The SMILES string of the molecule is Brc1ccc(C=CSC=Cc2ccc(Br)cc2)cc1. The van der Waals surface area contributed by atoms with Crippen LogP contribution in [0.2, 0.25) is 0 Å². The number of hydrogen-bond acceptors (Lipinski definition) is 1. The van der Waals surface area contributed by atoms with Gasteiger partial charge in [-0.05, 0) is 58.4 Å². The Labute approximate surface area is 134 Å². The van der Waals surface area contributed by atoms with Crippen LogP contribution in [-0.4, -0.2) is 0 Å². The second-order valence-electron chi connectivity index (χ2n) is 3.84. The number of hydrogen-bond donors (Lipinski definition) is 0. The fraction of sp³-hybridized carbons (Fsp3) is 0. The molecule has 0 atom stereocenters. The van der Waals surface area contributed by atoms with Gasteiger partial charge in [-0.3, -0.25) is 0 Å². The van der Waals surface area contributed by atoms with E-state index in [1.54, 1.807) is 11.8 Å². The third-order valence-electron chi connectivity index (χ3n) is 2.42. The molecule has 0 fully saturated rings. The van der Waals surface area contributed by atoms with Crippen molar-refractivity contribution in [3.63, 3.8) is 0 Å². The molecule has 19 heavy (non-hydrogen) atoms. The van der Waals surface area contributed by atoms with E-state index in [0.717, 1.165) is 8.95 Å². The van der Waals surface area contributed by atoms with Crippen molar-refractivity contribution in [3.05, 3.63) is 79.4 Å². The molecule has 0 spiro atoms. The summed E-state index contributed by atoms with van der Waals surface area (Å²) in [5.41, 5.74) is 2.40. The Bertz CT molecular complexity index is 515. The van der Waals surface area contributed by atoms with E-state index in [-0.39, 0.29) is 0 Å². The van der Waals surface area contributed by atoms with E-state index < -0.39 is 0 Å². The van der Waals surface area contributed by atoms with Crippen LogP contribution in [0, 0.1) is 0 Å². The second-order valence-corrected chi connectivity index (χ2v) is 6.49. The summed E-state index contributed by atoms with van der Waals surface area (Å²) in [6.07, 6.45) is 4.20. The normalized spacial score (nSPS) is 11.5. The average molecular weight is 396 g/mol. The van der Waals surface area contributed by atoms with Crippen molar-refractivity contribution in [3.8, 4) is 0 Å². The minimum atomic E-state index is 1.10. The van der Waals surface area contributed by atoms with Gasteiger partial charge in [-0.1, -0.05) is 56.1 Å². The van der Waals surface area contributed by atoms with Crippen LogP contribution in [0.15, 0.2) is 68.3 Å². The van der Waals surface area contributed by atoms with Crippen LogP contribution >= 0.6 is 43.6 Å². The quantitative estimate of drug-likeness (QED) is 0.562. The molecule has 0 aliphatic carbocycles. The van der Waals surface area contributed by atoms with Crippen molar-refractivity contribution < 1.29 is 0 Å². The fourth-order valence-electron chi connectivity index (χ4n) is 1.43. The second kappa shape index (κ2) is 7.73. The standard InChI is InChI=1S/C16H12Br2S/c17-15-5-1-13(2-6-15)9-11-19-12-10-14-3-7-16(18)8-4-14/h1-12H. The molecule has 2 rings (SSSR count). The summed E-state index contributed by atoms with van der Waals surface area (Å²) in [6, 6.07) is 16.5. The molecule has 0 nitrogen and oxygen atoms in total. The molecule has 2 aromatic rings. The molecule has 0 N–H and O–H groups in total. The zero-order valence-electron chi connectivity index (χ0n) is 10.1. The maximum absolute atomic E-state index is 3.43. The molecule has 0 heterocycles. The van der Waals surface area contributed by atoms with Crippen LogP contribution in [0.5, 0.6) is 0 Å². The van der Waals surface area contributed by atoms with Crippen LogP contribution in [0.4, 0.5) is 0 Å². The molecule has 96 valence electrons. The van der Waals surface area contributed by atoms with E-state index in [0.29, 0.717) is 0 Å². The van der Waals surface area contributed by atoms with Gasteiger partial charge in [-0.2, -0.15) is 0 Å². The number of thioether (sulfide) groups is 1. The summed E-state index contributed by atoms with van der Waals surface area (Å²) in [5, 5.41) is 4.16. The van der Waals surface area contributed by atoms with Crippen molar-refractivity contribution >= 4 is 55.8 Å². The van der Waals surface area contributed by atoms with E-state index >= 15 is 0 Å². The van der Waals surface area contributed by atoms with Crippen molar-refractivity contribution in [1.29, 1.82) is 0 Å². The topological polar surface area (TPSA) is 0 Å². The van der Waals surface area contributed by atoms with Crippen LogP contribution in [0.3, 0.4) is 0 Å². The molecule has 0 radical (unpaired) electrons. The van der Waals surface area contributed by atoms with Gasteiger partial charge in [0.15, 0.2) is 0 Å². The third-order valence-corrected chi connectivity index (χ3v) is 4.06.